The first-order valence-electron chi connectivity index (χ1n) is 6.91. The van der Waals surface area contributed by atoms with Crippen molar-refractivity contribution in [1.82, 2.24) is 10.6 Å². The van der Waals surface area contributed by atoms with E-state index in [0.29, 0.717) is 12.5 Å². The average molecular weight is 252 g/mol. The monoisotopic (exact) mass is 252 g/mol. The van der Waals surface area contributed by atoms with Crippen molar-refractivity contribution in [1.29, 1.82) is 0 Å². The summed E-state index contributed by atoms with van der Waals surface area (Å²) >= 11 is 0. The van der Waals surface area contributed by atoms with Gasteiger partial charge in [0.25, 0.3) is 0 Å². The zero-order valence-corrected chi connectivity index (χ0v) is 11.5. The fourth-order valence-corrected chi connectivity index (χ4v) is 2.87. The Hall–Kier alpha value is -0.870. The van der Waals surface area contributed by atoms with Gasteiger partial charge in [0.1, 0.15) is 0 Å². The summed E-state index contributed by atoms with van der Waals surface area (Å²) in [7, 11) is 0. The zero-order valence-electron chi connectivity index (χ0n) is 11.5. The summed E-state index contributed by atoms with van der Waals surface area (Å²) in [6.45, 7) is 8.75. The molecule has 2 aliphatic rings. The van der Waals surface area contributed by atoms with Crippen LogP contribution in [0.25, 0.3) is 0 Å². The topological polar surface area (TPSA) is 50.4 Å². The maximum absolute atomic E-state index is 12.2. The van der Waals surface area contributed by atoms with Crippen LogP contribution in [-0.4, -0.2) is 37.7 Å². The molecule has 18 heavy (non-hydrogen) atoms. The number of nitrogens with one attached hydrogen (secondary N) is 2. The molecule has 2 rings (SSSR count). The first-order chi connectivity index (χ1) is 8.59. The van der Waals surface area contributed by atoms with Crippen LogP contribution in [0.4, 0.5) is 0 Å². The molecule has 4 heteroatoms. The van der Waals surface area contributed by atoms with Crippen molar-refractivity contribution in [3.63, 3.8) is 0 Å². The Morgan fingerprint density at radius 1 is 1.44 bits per heavy atom. The molecule has 0 aromatic heterocycles. The van der Waals surface area contributed by atoms with Crippen LogP contribution in [0.1, 0.15) is 27.2 Å². The van der Waals surface area contributed by atoms with Gasteiger partial charge in [0, 0.05) is 13.1 Å². The predicted molar refractivity (Wildman–Crippen MR) is 71.2 cm³/mol. The minimum absolute atomic E-state index is 0.0117. The second kappa shape index (κ2) is 5.85. The molecule has 0 spiro atoms. The summed E-state index contributed by atoms with van der Waals surface area (Å²) in [5.41, 5.74) is 1.33. The van der Waals surface area contributed by atoms with Crippen LogP contribution in [0, 0.1) is 11.8 Å². The lowest BCUT2D eigenvalue weighted by molar-refractivity contribution is -0.127. The van der Waals surface area contributed by atoms with Crippen LogP contribution in [-0.2, 0) is 9.53 Å². The first kappa shape index (κ1) is 13.6. The summed E-state index contributed by atoms with van der Waals surface area (Å²) < 4.78 is 5.71. The Morgan fingerprint density at radius 2 is 2.22 bits per heavy atom. The van der Waals surface area contributed by atoms with Crippen LogP contribution in [0.15, 0.2) is 11.6 Å². The smallest absolute Gasteiger partial charge is 0.226 e. The van der Waals surface area contributed by atoms with Gasteiger partial charge in [0.2, 0.25) is 5.91 Å². The van der Waals surface area contributed by atoms with Gasteiger partial charge in [0.15, 0.2) is 0 Å². The van der Waals surface area contributed by atoms with E-state index in [1.165, 1.54) is 5.57 Å². The number of ether oxygens (including phenoxy) is 1. The molecule has 4 unspecified atom stereocenters. The lowest BCUT2D eigenvalue weighted by Gasteiger charge is -2.20. The van der Waals surface area contributed by atoms with Gasteiger partial charge in [-0.3, -0.25) is 4.79 Å². The number of hydrogen-bond acceptors (Lipinski definition) is 3. The maximum Gasteiger partial charge on any atom is 0.226 e. The summed E-state index contributed by atoms with van der Waals surface area (Å²) in [5, 5.41) is 6.33. The average Bonchev–Trinajstić information content (AvgIpc) is 2.62. The molecule has 4 atom stereocenters. The SMILES string of the molecule is CC1OC(C)C(C(=O)NCC2=CCNCC2)C1C. The van der Waals surface area contributed by atoms with Gasteiger partial charge in [-0.25, -0.2) is 0 Å². The Bertz CT molecular complexity index is 341. The van der Waals surface area contributed by atoms with Gasteiger partial charge in [-0.2, -0.15) is 0 Å². The summed E-state index contributed by atoms with van der Waals surface area (Å²) in [4.78, 5) is 12.2. The Balaban J connectivity index is 1.86. The van der Waals surface area contributed by atoms with E-state index in [1.807, 2.05) is 13.8 Å². The number of carbonyl (C=O) groups is 1. The molecule has 2 heterocycles. The van der Waals surface area contributed by atoms with E-state index in [9.17, 15) is 4.79 Å². The van der Waals surface area contributed by atoms with E-state index >= 15 is 0 Å². The van der Waals surface area contributed by atoms with E-state index in [-0.39, 0.29) is 24.0 Å². The molecule has 1 fully saturated rings. The number of carbonyl (C=O) groups excluding carboxylic acids is 1. The second-order valence-electron chi connectivity index (χ2n) is 5.47. The third-order valence-electron chi connectivity index (χ3n) is 4.19. The molecule has 0 aromatic carbocycles. The fraction of sp³-hybridized carbons (Fsp3) is 0.786. The molecule has 1 saturated heterocycles. The van der Waals surface area contributed by atoms with Gasteiger partial charge in [-0.15, -0.1) is 0 Å². The number of rotatable bonds is 3. The summed E-state index contributed by atoms with van der Waals surface area (Å²) in [6.07, 6.45) is 3.40. The first-order valence-corrected chi connectivity index (χ1v) is 6.91. The van der Waals surface area contributed by atoms with Gasteiger partial charge in [-0.1, -0.05) is 18.6 Å². The van der Waals surface area contributed by atoms with Crippen LogP contribution in [0.5, 0.6) is 0 Å². The van der Waals surface area contributed by atoms with Crippen molar-refractivity contribution in [2.24, 2.45) is 11.8 Å². The van der Waals surface area contributed by atoms with Crippen LogP contribution in [0.3, 0.4) is 0 Å². The number of amides is 1. The van der Waals surface area contributed by atoms with E-state index < -0.39 is 0 Å². The third-order valence-corrected chi connectivity index (χ3v) is 4.19. The molecule has 4 nitrogen and oxygen atoms in total. The summed E-state index contributed by atoms with van der Waals surface area (Å²) in [5.74, 6) is 0.420. The normalized spacial score (nSPS) is 36.3. The van der Waals surface area contributed by atoms with E-state index in [2.05, 4.69) is 23.6 Å². The van der Waals surface area contributed by atoms with Crippen LogP contribution >= 0.6 is 0 Å². The highest BCUT2D eigenvalue weighted by Gasteiger charge is 2.41. The standard InChI is InChI=1S/C14H24N2O2/c1-9-10(2)18-11(3)13(9)14(17)16-8-12-4-6-15-7-5-12/h4,9-11,13,15H,5-8H2,1-3H3,(H,16,17). The summed E-state index contributed by atoms with van der Waals surface area (Å²) in [6, 6.07) is 0. The Labute approximate surface area is 109 Å². The van der Waals surface area contributed by atoms with Crippen molar-refractivity contribution in [3.8, 4) is 0 Å². The molecular weight excluding hydrogens is 228 g/mol. The lowest BCUT2D eigenvalue weighted by Crippen LogP contribution is -2.38. The molecule has 0 radical (unpaired) electrons. The minimum Gasteiger partial charge on any atom is -0.374 e. The molecule has 0 aliphatic carbocycles. The Kier molecular flexibility index (Phi) is 4.40. The van der Waals surface area contributed by atoms with Crippen molar-refractivity contribution in [2.75, 3.05) is 19.6 Å². The van der Waals surface area contributed by atoms with Gasteiger partial charge in [0.05, 0.1) is 18.1 Å². The molecule has 1 amide bonds. The van der Waals surface area contributed by atoms with E-state index in [0.717, 1.165) is 19.5 Å². The predicted octanol–water partition coefficient (Wildman–Crippen LogP) is 1.08. The van der Waals surface area contributed by atoms with Gasteiger partial charge in [-0.05, 0) is 32.7 Å². The third kappa shape index (κ3) is 2.93. The molecule has 0 saturated carbocycles. The van der Waals surface area contributed by atoms with Crippen molar-refractivity contribution < 1.29 is 9.53 Å². The van der Waals surface area contributed by atoms with E-state index in [4.69, 9.17) is 4.74 Å². The highest BCUT2D eigenvalue weighted by atomic mass is 16.5. The molecule has 0 aromatic rings. The highest BCUT2D eigenvalue weighted by molar-refractivity contribution is 5.80. The second-order valence-corrected chi connectivity index (χ2v) is 5.47. The van der Waals surface area contributed by atoms with Gasteiger partial charge >= 0.3 is 0 Å². The quantitative estimate of drug-likeness (QED) is 0.739. The minimum atomic E-state index is -0.0117. The van der Waals surface area contributed by atoms with Crippen LogP contribution in [0.2, 0.25) is 0 Å². The molecule has 0 bridgehead atoms. The van der Waals surface area contributed by atoms with Crippen LogP contribution < -0.4 is 10.6 Å². The zero-order chi connectivity index (χ0) is 13.1. The van der Waals surface area contributed by atoms with Gasteiger partial charge < -0.3 is 15.4 Å². The number of hydrogen-bond donors (Lipinski definition) is 2. The molecule has 102 valence electrons. The molecule has 2 aliphatic heterocycles. The molecule has 2 N–H and O–H groups in total. The maximum atomic E-state index is 12.2. The van der Waals surface area contributed by atoms with Crippen molar-refractivity contribution >= 4 is 5.91 Å². The largest absolute Gasteiger partial charge is 0.374 e. The Morgan fingerprint density at radius 3 is 2.78 bits per heavy atom. The fourth-order valence-electron chi connectivity index (χ4n) is 2.87. The van der Waals surface area contributed by atoms with Crippen molar-refractivity contribution in [2.45, 2.75) is 39.4 Å². The molecular formula is C14H24N2O2. The van der Waals surface area contributed by atoms with Crippen molar-refractivity contribution in [3.05, 3.63) is 11.6 Å². The van der Waals surface area contributed by atoms with E-state index in [1.54, 1.807) is 0 Å². The highest BCUT2D eigenvalue weighted by Crippen LogP contribution is 2.32. The lowest BCUT2D eigenvalue weighted by atomic mass is 9.89.